The highest BCUT2D eigenvalue weighted by molar-refractivity contribution is 6.19. The smallest absolute Gasteiger partial charge is 0.227 e. The van der Waals surface area contributed by atoms with Crippen molar-refractivity contribution in [3.63, 3.8) is 0 Å². The van der Waals surface area contributed by atoms with Crippen LogP contribution in [0.5, 0.6) is 5.75 Å². The van der Waals surface area contributed by atoms with E-state index < -0.39 is 5.82 Å². The van der Waals surface area contributed by atoms with Crippen molar-refractivity contribution in [2.45, 2.75) is 6.42 Å². The fourth-order valence-electron chi connectivity index (χ4n) is 1.26. The molecule has 3 nitrogen and oxygen atoms in total. The summed E-state index contributed by atoms with van der Waals surface area (Å²) in [5, 5.41) is 0. The van der Waals surface area contributed by atoms with Crippen molar-refractivity contribution in [2.75, 3.05) is 24.9 Å². The molecule has 0 N–H and O–H groups in total. The number of anilines is 1. The first kappa shape index (κ1) is 12.8. The fourth-order valence-corrected chi connectivity index (χ4v) is 1.42. The number of nitrogens with zero attached hydrogens (tertiary/aromatic N) is 1. The number of amides is 1. The molecule has 88 valence electrons. The van der Waals surface area contributed by atoms with E-state index in [9.17, 15) is 9.18 Å². The molecule has 16 heavy (non-hydrogen) atoms. The first-order chi connectivity index (χ1) is 7.60. The number of halogens is 2. The van der Waals surface area contributed by atoms with Gasteiger partial charge in [-0.25, -0.2) is 4.39 Å². The minimum Gasteiger partial charge on any atom is -0.494 e. The van der Waals surface area contributed by atoms with Crippen LogP contribution in [0.25, 0.3) is 0 Å². The molecular formula is C11H13ClFNO2. The van der Waals surface area contributed by atoms with E-state index in [1.807, 2.05) is 0 Å². The van der Waals surface area contributed by atoms with Gasteiger partial charge in [0.2, 0.25) is 5.91 Å². The molecule has 0 radical (unpaired) electrons. The second-order valence-corrected chi connectivity index (χ2v) is 3.59. The zero-order chi connectivity index (χ0) is 12.1. The van der Waals surface area contributed by atoms with Crippen molar-refractivity contribution < 1.29 is 13.9 Å². The van der Waals surface area contributed by atoms with E-state index in [-0.39, 0.29) is 24.0 Å². The summed E-state index contributed by atoms with van der Waals surface area (Å²) in [6.07, 6.45) is 0.228. The summed E-state index contributed by atoms with van der Waals surface area (Å²) < 4.78 is 18.2. The Labute approximate surface area is 98.8 Å². The average molecular weight is 246 g/mol. The normalized spacial score (nSPS) is 10.0. The quantitative estimate of drug-likeness (QED) is 0.763. The lowest BCUT2D eigenvalue weighted by molar-refractivity contribution is -0.117. The molecule has 0 bridgehead atoms. The molecule has 1 rings (SSSR count). The number of carbonyl (C=O) groups is 1. The summed E-state index contributed by atoms with van der Waals surface area (Å²) >= 11 is 5.47. The molecule has 0 heterocycles. The van der Waals surface area contributed by atoms with E-state index in [1.54, 1.807) is 13.1 Å². The van der Waals surface area contributed by atoms with E-state index in [2.05, 4.69) is 0 Å². The van der Waals surface area contributed by atoms with Crippen LogP contribution in [-0.2, 0) is 4.79 Å². The molecule has 5 heteroatoms. The molecule has 0 saturated carbocycles. The van der Waals surface area contributed by atoms with Gasteiger partial charge in [0.25, 0.3) is 0 Å². The largest absolute Gasteiger partial charge is 0.494 e. The van der Waals surface area contributed by atoms with Crippen LogP contribution >= 0.6 is 11.6 Å². The van der Waals surface area contributed by atoms with Gasteiger partial charge in [-0.15, -0.1) is 11.6 Å². The van der Waals surface area contributed by atoms with E-state index >= 15 is 0 Å². The lowest BCUT2D eigenvalue weighted by Gasteiger charge is -2.17. The maximum absolute atomic E-state index is 13.4. The fraction of sp³-hybridized carbons (Fsp3) is 0.364. The number of carbonyl (C=O) groups excluding carboxylic acids is 1. The maximum Gasteiger partial charge on any atom is 0.227 e. The van der Waals surface area contributed by atoms with Crippen LogP contribution in [0.2, 0.25) is 0 Å². The standard InChI is InChI=1S/C11H13ClFNO2/c1-14(11(15)5-6-12)8-3-4-10(16-2)9(13)7-8/h3-4,7H,5-6H2,1-2H3. The molecule has 0 spiro atoms. The summed E-state index contributed by atoms with van der Waals surface area (Å²) in [5.74, 6) is -0.242. The van der Waals surface area contributed by atoms with E-state index in [0.717, 1.165) is 0 Å². The Morgan fingerprint density at radius 3 is 2.75 bits per heavy atom. The van der Waals surface area contributed by atoms with Gasteiger partial charge in [0.15, 0.2) is 11.6 Å². The van der Waals surface area contributed by atoms with Gasteiger partial charge in [-0.05, 0) is 12.1 Å². The highest BCUT2D eigenvalue weighted by atomic mass is 35.5. The van der Waals surface area contributed by atoms with Crippen molar-refractivity contribution in [1.82, 2.24) is 0 Å². The summed E-state index contributed by atoms with van der Waals surface area (Å²) in [6, 6.07) is 4.36. The lowest BCUT2D eigenvalue weighted by atomic mass is 10.2. The number of ether oxygens (including phenoxy) is 1. The molecule has 0 atom stereocenters. The van der Waals surface area contributed by atoms with E-state index in [0.29, 0.717) is 5.69 Å². The molecule has 0 aliphatic heterocycles. The minimum absolute atomic E-state index is 0.153. The van der Waals surface area contributed by atoms with Gasteiger partial charge in [-0.2, -0.15) is 0 Å². The Hall–Kier alpha value is -1.29. The van der Waals surface area contributed by atoms with Crippen LogP contribution in [0.15, 0.2) is 18.2 Å². The number of methoxy groups -OCH3 is 1. The third kappa shape index (κ3) is 2.85. The number of benzene rings is 1. The predicted molar refractivity (Wildman–Crippen MR) is 61.7 cm³/mol. The highest BCUT2D eigenvalue weighted by Crippen LogP contribution is 2.23. The first-order valence-electron chi connectivity index (χ1n) is 4.76. The third-order valence-corrected chi connectivity index (χ3v) is 2.39. The molecular weight excluding hydrogens is 233 g/mol. The average Bonchev–Trinajstić information content (AvgIpc) is 2.28. The van der Waals surface area contributed by atoms with Crippen molar-refractivity contribution >= 4 is 23.2 Å². The lowest BCUT2D eigenvalue weighted by Crippen LogP contribution is -2.26. The summed E-state index contributed by atoms with van der Waals surface area (Å²) in [6.45, 7) is 0. The zero-order valence-electron chi connectivity index (χ0n) is 9.17. The van der Waals surface area contributed by atoms with Gasteiger partial charge in [0.1, 0.15) is 0 Å². The Balaban J connectivity index is 2.88. The first-order valence-corrected chi connectivity index (χ1v) is 5.29. The Bertz CT molecular complexity index is 384. The van der Waals surface area contributed by atoms with Gasteiger partial charge in [0.05, 0.1) is 7.11 Å². The second-order valence-electron chi connectivity index (χ2n) is 3.21. The summed E-state index contributed by atoms with van der Waals surface area (Å²) in [7, 11) is 2.97. The van der Waals surface area contributed by atoms with Gasteiger partial charge in [-0.3, -0.25) is 4.79 Å². The van der Waals surface area contributed by atoms with Crippen molar-refractivity contribution in [3.05, 3.63) is 24.0 Å². The minimum atomic E-state index is -0.495. The van der Waals surface area contributed by atoms with Gasteiger partial charge >= 0.3 is 0 Å². The van der Waals surface area contributed by atoms with Crippen molar-refractivity contribution in [2.24, 2.45) is 0 Å². The molecule has 0 unspecified atom stereocenters. The van der Waals surface area contributed by atoms with Gasteiger partial charge in [0, 0.05) is 31.1 Å². The van der Waals surface area contributed by atoms with Gasteiger partial charge in [-0.1, -0.05) is 0 Å². The monoisotopic (exact) mass is 245 g/mol. The Morgan fingerprint density at radius 1 is 1.56 bits per heavy atom. The molecule has 0 aromatic heterocycles. The number of alkyl halides is 1. The number of rotatable bonds is 4. The molecule has 0 aliphatic rings. The van der Waals surface area contributed by atoms with Crippen LogP contribution in [0.4, 0.5) is 10.1 Å². The number of hydrogen-bond donors (Lipinski definition) is 0. The van der Waals surface area contributed by atoms with E-state index in [1.165, 1.54) is 24.1 Å². The topological polar surface area (TPSA) is 29.5 Å². The predicted octanol–water partition coefficient (Wildman–Crippen LogP) is 2.43. The zero-order valence-corrected chi connectivity index (χ0v) is 9.92. The number of hydrogen-bond acceptors (Lipinski definition) is 2. The summed E-state index contributed by atoms with van der Waals surface area (Å²) in [4.78, 5) is 12.9. The molecule has 1 aromatic carbocycles. The van der Waals surface area contributed by atoms with Crippen LogP contribution in [-0.4, -0.2) is 25.9 Å². The molecule has 1 amide bonds. The highest BCUT2D eigenvalue weighted by Gasteiger charge is 2.12. The van der Waals surface area contributed by atoms with Gasteiger partial charge < -0.3 is 9.64 Å². The van der Waals surface area contributed by atoms with Crippen LogP contribution in [0.3, 0.4) is 0 Å². The summed E-state index contributed by atoms with van der Waals surface area (Å²) in [5.41, 5.74) is 0.480. The molecule has 0 saturated heterocycles. The SMILES string of the molecule is COc1ccc(N(C)C(=O)CCCl)cc1F. The third-order valence-electron chi connectivity index (χ3n) is 2.21. The molecule has 0 fully saturated rings. The van der Waals surface area contributed by atoms with Crippen molar-refractivity contribution in [1.29, 1.82) is 0 Å². The Kier molecular flexibility index (Phi) is 4.55. The van der Waals surface area contributed by atoms with E-state index in [4.69, 9.17) is 16.3 Å². The maximum atomic E-state index is 13.4. The second kappa shape index (κ2) is 5.70. The molecule has 0 aliphatic carbocycles. The van der Waals surface area contributed by atoms with Crippen LogP contribution < -0.4 is 9.64 Å². The van der Waals surface area contributed by atoms with Crippen LogP contribution in [0.1, 0.15) is 6.42 Å². The van der Waals surface area contributed by atoms with Crippen molar-refractivity contribution in [3.8, 4) is 5.75 Å². The van der Waals surface area contributed by atoms with Crippen LogP contribution in [0, 0.1) is 5.82 Å². The molecule has 1 aromatic rings. The Morgan fingerprint density at radius 2 is 2.25 bits per heavy atom.